The number of nitrogens with zero attached hydrogens (tertiary/aromatic N) is 1. The zero-order chi connectivity index (χ0) is 17.5. The van der Waals surface area contributed by atoms with Crippen molar-refractivity contribution in [1.29, 1.82) is 0 Å². The molecule has 0 N–H and O–H groups in total. The lowest BCUT2D eigenvalue weighted by atomic mass is 9.83. The number of carbonyl (C=O) groups excluding carboxylic acids is 1. The summed E-state index contributed by atoms with van der Waals surface area (Å²) < 4.78 is 12.0. The van der Waals surface area contributed by atoms with E-state index in [1.807, 2.05) is 11.0 Å². The maximum Gasteiger partial charge on any atom is 0.222 e. The highest BCUT2D eigenvalue weighted by Gasteiger charge is 2.41. The summed E-state index contributed by atoms with van der Waals surface area (Å²) >= 11 is 0. The Morgan fingerprint density at radius 2 is 2.04 bits per heavy atom. The highest BCUT2D eigenvalue weighted by Crippen LogP contribution is 2.36. The summed E-state index contributed by atoms with van der Waals surface area (Å²) in [6.07, 6.45) is 6.74. The summed E-state index contributed by atoms with van der Waals surface area (Å²) in [6.45, 7) is 5.26. The highest BCUT2D eigenvalue weighted by molar-refractivity contribution is 5.76. The zero-order valence-electron chi connectivity index (χ0n) is 15.4. The molecule has 2 aliphatic rings. The first-order valence-corrected chi connectivity index (χ1v) is 9.78. The van der Waals surface area contributed by atoms with Gasteiger partial charge in [-0.1, -0.05) is 30.3 Å². The Hall–Kier alpha value is -1.39. The number of piperidine rings is 1. The number of ether oxygens (including phenoxy) is 2. The molecule has 138 valence electrons. The van der Waals surface area contributed by atoms with Crippen LogP contribution in [0.2, 0.25) is 0 Å². The SMILES string of the molecule is CCOC1CCOC2(CCN(C(=O)CCCc3ccccc3)CC2)C1. The van der Waals surface area contributed by atoms with E-state index < -0.39 is 0 Å². The van der Waals surface area contributed by atoms with Crippen LogP contribution in [-0.2, 0) is 20.7 Å². The molecule has 4 heteroatoms. The van der Waals surface area contributed by atoms with Crippen LogP contribution in [0.5, 0.6) is 0 Å². The first-order valence-electron chi connectivity index (χ1n) is 9.78. The van der Waals surface area contributed by atoms with Gasteiger partial charge in [-0.3, -0.25) is 4.79 Å². The Labute approximate surface area is 151 Å². The number of likely N-dealkylation sites (tertiary alicyclic amines) is 1. The Morgan fingerprint density at radius 3 is 2.76 bits per heavy atom. The third-order valence-electron chi connectivity index (χ3n) is 5.58. The number of benzene rings is 1. The molecule has 1 aromatic carbocycles. The quantitative estimate of drug-likeness (QED) is 0.791. The molecule has 0 radical (unpaired) electrons. The lowest BCUT2D eigenvalue weighted by Gasteiger charge is -2.46. The van der Waals surface area contributed by atoms with E-state index in [1.165, 1.54) is 5.56 Å². The van der Waals surface area contributed by atoms with Crippen LogP contribution < -0.4 is 0 Å². The third kappa shape index (κ3) is 5.05. The number of hydrogen-bond donors (Lipinski definition) is 0. The Kier molecular flexibility index (Phi) is 6.49. The average Bonchev–Trinajstić information content (AvgIpc) is 2.63. The number of hydrogen-bond acceptors (Lipinski definition) is 3. The van der Waals surface area contributed by atoms with Crippen molar-refractivity contribution in [2.24, 2.45) is 0 Å². The number of amides is 1. The largest absolute Gasteiger partial charge is 0.378 e. The molecule has 1 spiro atoms. The fraction of sp³-hybridized carbons (Fsp3) is 0.667. The van der Waals surface area contributed by atoms with Crippen LogP contribution in [0.25, 0.3) is 0 Å². The summed E-state index contributed by atoms with van der Waals surface area (Å²) in [7, 11) is 0. The van der Waals surface area contributed by atoms with Crippen LogP contribution in [0, 0.1) is 0 Å². The van der Waals surface area contributed by atoms with Crippen molar-refractivity contribution in [1.82, 2.24) is 4.90 Å². The van der Waals surface area contributed by atoms with Crippen LogP contribution in [0.1, 0.15) is 51.0 Å². The van der Waals surface area contributed by atoms with Crippen molar-refractivity contribution in [3.8, 4) is 0 Å². The fourth-order valence-corrected chi connectivity index (χ4v) is 4.12. The minimum Gasteiger partial charge on any atom is -0.378 e. The molecule has 2 fully saturated rings. The molecule has 0 saturated carbocycles. The fourth-order valence-electron chi connectivity index (χ4n) is 4.12. The van der Waals surface area contributed by atoms with Crippen LogP contribution >= 0.6 is 0 Å². The van der Waals surface area contributed by atoms with Crippen LogP contribution in [-0.4, -0.2) is 48.8 Å². The van der Waals surface area contributed by atoms with Crippen molar-refractivity contribution >= 4 is 5.91 Å². The molecule has 4 nitrogen and oxygen atoms in total. The van der Waals surface area contributed by atoms with E-state index in [0.29, 0.717) is 18.4 Å². The summed E-state index contributed by atoms with van der Waals surface area (Å²) in [6, 6.07) is 10.4. The summed E-state index contributed by atoms with van der Waals surface area (Å²) in [5, 5.41) is 0. The van der Waals surface area contributed by atoms with E-state index in [9.17, 15) is 4.79 Å². The zero-order valence-corrected chi connectivity index (χ0v) is 15.4. The monoisotopic (exact) mass is 345 g/mol. The first kappa shape index (κ1) is 18.4. The first-order chi connectivity index (χ1) is 12.2. The van der Waals surface area contributed by atoms with E-state index in [4.69, 9.17) is 9.47 Å². The third-order valence-corrected chi connectivity index (χ3v) is 5.58. The van der Waals surface area contributed by atoms with Gasteiger partial charge in [0.25, 0.3) is 0 Å². The molecule has 0 aliphatic carbocycles. The van der Waals surface area contributed by atoms with Gasteiger partial charge >= 0.3 is 0 Å². The second kappa shape index (κ2) is 8.81. The molecule has 2 saturated heterocycles. The molecule has 1 atom stereocenters. The van der Waals surface area contributed by atoms with Gasteiger partial charge in [-0.25, -0.2) is 0 Å². The Bertz CT molecular complexity index is 535. The van der Waals surface area contributed by atoms with E-state index in [1.54, 1.807) is 0 Å². The van der Waals surface area contributed by atoms with E-state index in [2.05, 4.69) is 31.2 Å². The van der Waals surface area contributed by atoms with Crippen molar-refractivity contribution < 1.29 is 14.3 Å². The Balaban J connectivity index is 1.41. The van der Waals surface area contributed by atoms with Crippen LogP contribution in [0.15, 0.2) is 30.3 Å². The second-order valence-electron chi connectivity index (χ2n) is 7.32. The topological polar surface area (TPSA) is 38.8 Å². The second-order valence-corrected chi connectivity index (χ2v) is 7.32. The highest BCUT2D eigenvalue weighted by atomic mass is 16.5. The molecular weight excluding hydrogens is 314 g/mol. The maximum absolute atomic E-state index is 12.5. The molecule has 3 rings (SSSR count). The minimum atomic E-state index is -0.0566. The van der Waals surface area contributed by atoms with Gasteiger partial charge in [-0.05, 0) is 44.6 Å². The predicted molar refractivity (Wildman–Crippen MR) is 98.5 cm³/mol. The molecule has 0 aromatic heterocycles. The van der Waals surface area contributed by atoms with Crippen LogP contribution in [0.4, 0.5) is 0 Å². The van der Waals surface area contributed by atoms with Gasteiger partial charge in [0.05, 0.1) is 11.7 Å². The van der Waals surface area contributed by atoms with Crippen molar-refractivity contribution in [3.63, 3.8) is 0 Å². The number of carbonyl (C=O) groups is 1. The van der Waals surface area contributed by atoms with Gasteiger partial charge in [0, 0.05) is 39.1 Å². The summed E-state index contributed by atoms with van der Waals surface area (Å²) in [5.41, 5.74) is 1.25. The van der Waals surface area contributed by atoms with Crippen molar-refractivity contribution in [3.05, 3.63) is 35.9 Å². The standard InChI is InChI=1S/C21H31NO3/c1-2-24-19-11-16-25-21(17-19)12-14-22(15-13-21)20(23)10-6-9-18-7-4-3-5-8-18/h3-5,7-8,19H,2,6,9-17H2,1H3. The Morgan fingerprint density at radius 1 is 1.28 bits per heavy atom. The van der Waals surface area contributed by atoms with Crippen molar-refractivity contribution in [2.75, 3.05) is 26.3 Å². The van der Waals surface area contributed by atoms with Crippen LogP contribution in [0.3, 0.4) is 0 Å². The smallest absolute Gasteiger partial charge is 0.222 e. The van der Waals surface area contributed by atoms with Gasteiger partial charge in [0.1, 0.15) is 0 Å². The normalized spacial score (nSPS) is 22.9. The molecular formula is C21H31NO3. The molecule has 1 amide bonds. The van der Waals surface area contributed by atoms with Gasteiger partial charge in [0.2, 0.25) is 5.91 Å². The lowest BCUT2D eigenvalue weighted by molar-refractivity contribution is -0.160. The molecule has 0 bridgehead atoms. The van der Waals surface area contributed by atoms with Gasteiger partial charge in [-0.2, -0.15) is 0 Å². The van der Waals surface area contributed by atoms with Gasteiger partial charge in [0.15, 0.2) is 0 Å². The molecule has 25 heavy (non-hydrogen) atoms. The summed E-state index contributed by atoms with van der Waals surface area (Å²) in [5.74, 6) is 0.294. The number of rotatable bonds is 6. The minimum absolute atomic E-state index is 0.0566. The predicted octanol–water partition coefficient (Wildman–Crippen LogP) is 3.59. The van der Waals surface area contributed by atoms with E-state index in [0.717, 1.165) is 64.8 Å². The molecule has 2 aliphatic heterocycles. The van der Waals surface area contributed by atoms with Gasteiger partial charge < -0.3 is 14.4 Å². The molecule has 2 heterocycles. The van der Waals surface area contributed by atoms with Gasteiger partial charge in [-0.15, -0.1) is 0 Å². The summed E-state index contributed by atoms with van der Waals surface area (Å²) in [4.78, 5) is 14.5. The molecule has 1 aromatic rings. The molecule has 1 unspecified atom stereocenters. The average molecular weight is 345 g/mol. The van der Waals surface area contributed by atoms with Crippen molar-refractivity contribution in [2.45, 2.75) is 63.6 Å². The lowest BCUT2D eigenvalue weighted by Crippen LogP contribution is -2.52. The number of aryl methyl sites for hydroxylation is 1. The van der Waals surface area contributed by atoms with E-state index >= 15 is 0 Å². The van der Waals surface area contributed by atoms with E-state index in [-0.39, 0.29) is 5.60 Å². The maximum atomic E-state index is 12.5.